The van der Waals surface area contributed by atoms with Gasteiger partial charge >= 0.3 is 0 Å². The van der Waals surface area contributed by atoms with Crippen molar-refractivity contribution in [1.29, 1.82) is 0 Å². The van der Waals surface area contributed by atoms with E-state index >= 15 is 0 Å². The van der Waals surface area contributed by atoms with E-state index in [0.29, 0.717) is 63.8 Å². The maximum atomic E-state index is 13.1. The fourth-order valence-corrected chi connectivity index (χ4v) is 6.10. The number of hydrogen-bond donors (Lipinski definition) is 0. The van der Waals surface area contributed by atoms with Crippen LogP contribution in [0.5, 0.6) is 0 Å². The van der Waals surface area contributed by atoms with Gasteiger partial charge in [-0.15, -0.1) is 0 Å². The van der Waals surface area contributed by atoms with Gasteiger partial charge in [0, 0.05) is 38.3 Å². The van der Waals surface area contributed by atoms with E-state index in [1.807, 2.05) is 38.1 Å². The van der Waals surface area contributed by atoms with Crippen LogP contribution < -0.4 is 0 Å². The summed E-state index contributed by atoms with van der Waals surface area (Å²) in [6.07, 6.45) is 1.89. The van der Waals surface area contributed by atoms with Gasteiger partial charge in [-0.1, -0.05) is 41.9 Å². The molecule has 174 valence electrons. The van der Waals surface area contributed by atoms with E-state index in [-0.39, 0.29) is 11.7 Å². The Bertz CT molecular complexity index is 1030. The summed E-state index contributed by atoms with van der Waals surface area (Å²) in [5.41, 5.74) is 2.09. The lowest BCUT2D eigenvalue weighted by molar-refractivity contribution is -0.136. The van der Waals surface area contributed by atoms with Gasteiger partial charge in [0.25, 0.3) is 0 Å². The van der Waals surface area contributed by atoms with Gasteiger partial charge in [-0.2, -0.15) is 9.29 Å². The highest BCUT2D eigenvalue weighted by Gasteiger charge is 2.40. The van der Waals surface area contributed by atoms with Gasteiger partial charge in [-0.05, 0) is 26.2 Å². The van der Waals surface area contributed by atoms with E-state index in [1.54, 1.807) is 4.90 Å². The standard InChI is InChI=1S/C22H31N5O4S/c1-3-15-32(29,30)27-10-4-5-19(27)22(28)26-13-11-25(12-14-26)16-20-23-21(24-31-20)18-8-6-17(2)7-9-18/h6-9,19H,3-5,10-16H2,1-2H3. The van der Waals surface area contributed by atoms with Crippen LogP contribution in [0.1, 0.15) is 37.6 Å². The summed E-state index contributed by atoms with van der Waals surface area (Å²) in [7, 11) is -3.37. The molecule has 0 radical (unpaired) electrons. The zero-order valence-corrected chi connectivity index (χ0v) is 19.6. The average Bonchev–Trinajstić information content (AvgIpc) is 3.45. The minimum absolute atomic E-state index is 0.0683. The number of sulfonamides is 1. The van der Waals surface area contributed by atoms with Gasteiger partial charge in [0.15, 0.2) is 0 Å². The molecule has 1 amide bonds. The Hall–Kier alpha value is -2.30. The van der Waals surface area contributed by atoms with Crippen molar-refractivity contribution in [2.45, 2.75) is 45.7 Å². The highest BCUT2D eigenvalue weighted by Crippen LogP contribution is 2.24. The molecule has 10 heteroatoms. The van der Waals surface area contributed by atoms with Crippen molar-refractivity contribution in [3.63, 3.8) is 0 Å². The number of aromatic nitrogens is 2. The molecule has 32 heavy (non-hydrogen) atoms. The van der Waals surface area contributed by atoms with Crippen molar-refractivity contribution in [2.75, 3.05) is 38.5 Å². The monoisotopic (exact) mass is 461 g/mol. The summed E-state index contributed by atoms with van der Waals surface area (Å²) in [4.78, 5) is 21.5. The van der Waals surface area contributed by atoms with Crippen molar-refractivity contribution in [1.82, 2.24) is 24.2 Å². The Morgan fingerprint density at radius 2 is 1.84 bits per heavy atom. The summed E-state index contributed by atoms with van der Waals surface area (Å²) in [5.74, 6) is 1.15. The number of carbonyl (C=O) groups excluding carboxylic acids is 1. The number of carbonyl (C=O) groups is 1. The van der Waals surface area contributed by atoms with Crippen LogP contribution >= 0.6 is 0 Å². The first-order chi connectivity index (χ1) is 15.4. The predicted molar refractivity (Wildman–Crippen MR) is 120 cm³/mol. The molecule has 0 saturated carbocycles. The summed E-state index contributed by atoms with van der Waals surface area (Å²) in [6, 6.07) is 7.43. The van der Waals surface area contributed by atoms with Crippen LogP contribution in [-0.4, -0.2) is 83.1 Å². The lowest BCUT2D eigenvalue weighted by Gasteiger charge is -2.36. The van der Waals surface area contributed by atoms with Gasteiger partial charge in [0.2, 0.25) is 27.6 Å². The van der Waals surface area contributed by atoms with Crippen LogP contribution in [0.4, 0.5) is 0 Å². The molecule has 1 aromatic carbocycles. The van der Waals surface area contributed by atoms with E-state index in [2.05, 4.69) is 15.0 Å². The number of nitrogens with zero attached hydrogens (tertiary/aromatic N) is 5. The fourth-order valence-electron chi connectivity index (χ4n) is 4.36. The minimum atomic E-state index is -3.37. The summed E-state index contributed by atoms with van der Waals surface area (Å²) < 4.78 is 31.9. The number of aryl methyl sites for hydroxylation is 1. The quantitative estimate of drug-likeness (QED) is 0.621. The van der Waals surface area contributed by atoms with Gasteiger partial charge < -0.3 is 9.42 Å². The topological polar surface area (TPSA) is 99.9 Å². The van der Waals surface area contributed by atoms with E-state index in [9.17, 15) is 13.2 Å². The molecule has 0 spiro atoms. The normalized spacial score (nSPS) is 20.7. The van der Waals surface area contributed by atoms with Crippen LogP contribution in [0.25, 0.3) is 11.4 Å². The molecule has 2 aromatic rings. The summed E-state index contributed by atoms with van der Waals surface area (Å²) in [5, 5.41) is 4.08. The van der Waals surface area contributed by atoms with Crippen molar-refractivity contribution in [3.8, 4) is 11.4 Å². The predicted octanol–water partition coefficient (Wildman–Crippen LogP) is 1.89. The average molecular weight is 462 g/mol. The second kappa shape index (κ2) is 9.68. The van der Waals surface area contributed by atoms with E-state index in [0.717, 1.165) is 12.0 Å². The second-order valence-corrected chi connectivity index (χ2v) is 10.6. The zero-order chi connectivity index (χ0) is 22.7. The third kappa shape index (κ3) is 5.02. The lowest BCUT2D eigenvalue weighted by atomic mass is 10.1. The van der Waals surface area contributed by atoms with Crippen LogP contribution in [0.2, 0.25) is 0 Å². The third-order valence-electron chi connectivity index (χ3n) is 6.13. The first-order valence-corrected chi connectivity index (χ1v) is 12.9. The number of benzene rings is 1. The summed E-state index contributed by atoms with van der Waals surface area (Å²) in [6.45, 7) is 7.35. The maximum absolute atomic E-state index is 13.1. The smallest absolute Gasteiger partial charge is 0.241 e. The molecule has 1 atom stereocenters. The molecule has 9 nitrogen and oxygen atoms in total. The Morgan fingerprint density at radius 3 is 2.53 bits per heavy atom. The Labute approximate surface area is 189 Å². The highest BCUT2D eigenvalue weighted by atomic mass is 32.2. The molecule has 3 heterocycles. The van der Waals surface area contributed by atoms with E-state index < -0.39 is 16.1 Å². The number of rotatable bonds is 7. The van der Waals surface area contributed by atoms with Crippen molar-refractivity contribution < 1.29 is 17.7 Å². The van der Waals surface area contributed by atoms with Crippen molar-refractivity contribution in [3.05, 3.63) is 35.7 Å². The molecule has 1 aromatic heterocycles. The van der Waals surface area contributed by atoms with Crippen LogP contribution in [-0.2, 0) is 21.4 Å². The molecular weight excluding hydrogens is 430 g/mol. The highest BCUT2D eigenvalue weighted by molar-refractivity contribution is 7.89. The molecule has 2 saturated heterocycles. The molecular formula is C22H31N5O4S. The van der Waals surface area contributed by atoms with Gasteiger partial charge in [0.05, 0.1) is 12.3 Å². The molecule has 4 rings (SSSR count). The maximum Gasteiger partial charge on any atom is 0.241 e. The van der Waals surface area contributed by atoms with Crippen molar-refractivity contribution >= 4 is 15.9 Å². The number of amides is 1. The van der Waals surface area contributed by atoms with Gasteiger partial charge in [0.1, 0.15) is 6.04 Å². The second-order valence-electron chi connectivity index (χ2n) is 8.56. The largest absolute Gasteiger partial charge is 0.339 e. The molecule has 0 N–H and O–H groups in total. The third-order valence-corrected chi connectivity index (χ3v) is 8.20. The molecule has 2 fully saturated rings. The van der Waals surface area contributed by atoms with Crippen LogP contribution in [0, 0.1) is 6.92 Å². The van der Waals surface area contributed by atoms with E-state index in [4.69, 9.17) is 4.52 Å². The molecule has 2 aliphatic rings. The molecule has 2 aliphatic heterocycles. The molecule has 1 unspecified atom stereocenters. The SMILES string of the molecule is CCCS(=O)(=O)N1CCCC1C(=O)N1CCN(Cc2nc(-c3ccc(C)cc3)no2)CC1. The summed E-state index contributed by atoms with van der Waals surface area (Å²) >= 11 is 0. The zero-order valence-electron chi connectivity index (χ0n) is 18.7. The molecule has 0 bridgehead atoms. The molecule has 0 aliphatic carbocycles. The number of hydrogen-bond acceptors (Lipinski definition) is 7. The van der Waals surface area contributed by atoms with Crippen molar-refractivity contribution in [2.24, 2.45) is 0 Å². The first kappa shape index (κ1) is 22.9. The van der Waals surface area contributed by atoms with Crippen LogP contribution in [0.15, 0.2) is 28.8 Å². The Kier molecular flexibility index (Phi) is 6.92. The fraction of sp³-hybridized carbons (Fsp3) is 0.591. The van der Waals surface area contributed by atoms with Crippen LogP contribution in [0.3, 0.4) is 0 Å². The lowest BCUT2D eigenvalue weighted by Crippen LogP contribution is -2.54. The Balaban J connectivity index is 1.31. The van der Waals surface area contributed by atoms with Gasteiger partial charge in [-0.25, -0.2) is 8.42 Å². The first-order valence-electron chi connectivity index (χ1n) is 11.3. The van der Waals surface area contributed by atoms with Gasteiger partial charge in [-0.3, -0.25) is 9.69 Å². The minimum Gasteiger partial charge on any atom is -0.339 e. The van der Waals surface area contributed by atoms with E-state index in [1.165, 1.54) is 9.87 Å². The number of piperazine rings is 1. The Morgan fingerprint density at radius 1 is 1.12 bits per heavy atom.